The van der Waals surface area contributed by atoms with E-state index >= 15 is 0 Å². The van der Waals surface area contributed by atoms with Crippen LogP contribution in [0.4, 0.5) is 18.9 Å². The Morgan fingerprint density at radius 2 is 1.77 bits per heavy atom. The molecule has 2 aromatic carbocycles. The van der Waals surface area contributed by atoms with Gasteiger partial charge < -0.3 is 5.32 Å². The lowest BCUT2D eigenvalue weighted by Crippen LogP contribution is -2.30. The summed E-state index contributed by atoms with van der Waals surface area (Å²) >= 11 is 0. The van der Waals surface area contributed by atoms with Crippen molar-refractivity contribution in [3.8, 4) is 5.69 Å². The van der Waals surface area contributed by atoms with Crippen molar-refractivity contribution in [2.75, 3.05) is 5.32 Å². The topological polar surface area (TPSA) is 106 Å². The molecule has 0 saturated carbocycles. The van der Waals surface area contributed by atoms with Crippen molar-refractivity contribution in [3.63, 3.8) is 0 Å². The third kappa shape index (κ3) is 5.27. The molecule has 0 aliphatic carbocycles. The Balaban J connectivity index is 1.90. The van der Waals surface area contributed by atoms with E-state index in [1.807, 2.05) is 0 Å². The van der Waals surface area contributed by atoms with Crippen LogP contribution in [0.3, 0.4) is 0 Å². The second-order valence-corrected chi connectivity index (χ2v) is 8.54. The minimum absolute atomic E-state index is 0.0416. The maximum Gasteiger partial charge on any atom is 0.416 e. The number of hydrogen-bond acceptors (Lipinski definition) is 5. The Morgan fingerprint density at radius 1 is 1.10 bits per heavy atom. The zero-order valence-electron chi connectivity index (χ0n) is 16.4. The molecule has 0 atom stereocenters. The van der Waals surface area contributed by atoms with E-state index in [1.165, 1.54) is 47.7 Å². The molecule has 0 aliphatic rings. The van der Waals surface area contributed by atoms with Gasteiger partial charge in [-0.05, 0) is 56.3 Å². The van der Waals surface area contributed by atoms with Gasteiger partial charge in [-0.3, -0.25) is 4.79 Å². The molecule has 164 valence electrons. The van der Waals surface area contributed by atoms with Crippen LogP contribution in [0.15, 0.2) is 60.0 Å². The number of amides is 1. The van der Waals surface area contributed by atoms with Gasteiger partial charge in [0.25, 0.3) is 5.91 Å². The number of anilines is 1. The summed E-state index contributed by atoms with van der Waals surface area (Å²) in [6.07, 6.45) is -2.13. The van der Waals surface area contributed by atoms with Gasteiger partial charge >= 0.3 is 6.18 Å². The summed E-state index contributed by atoms with van der Waals surface area (Å²) in [5.74, 6) is -0.721. The highest BCUT2D eigenvalue weighted by molar-refractivity contribution is 7.89. The van der Waals surface area contributed by atoms with E-state index in [0.717, 1.165) is 12.1 Å². The molecule has 2 N–H and O–H groups in total. The predicted octanol–water partition coefficient (Wildman–Crippen LogP) is 3.23. The van der Waals surface area contributed by atoms with Gasteiger partial charge in [-0.1, -0.05) is 0 Å². The highest BCUT2D eigenvalue weighted by Gasteiger charge is 2.31. The van der Waals surface area contributed by atoms with Crippen LogP contribution in [-0.4, -0.2) is 35.1 Å². The van der Waals surface area contributed by atoms with Crippen LogP contribution in [0, 0.1) is 0 Å². The summed E-state index contributed by atoms with van der Waals surface area (Å²) in [6.45, 7) is 3.34. The van der Waals surface area contributed by atoms with Crippen LogP contribution in [0.1, 0.15) is 29.8 Å². The second kappa shape index (κ2) is 8.47. The van der Waals surface area contributed by atoms with Gasteiger partial charge in [0, 0.05) is 11.6 Å². The number of benzene rings is 2. The number of aromatic nitrogens is 3. The van der Waals surface area contributed by atoms with Crippen molar-refractivity contribution in [2.24, 2.45) is 0 Å². The maximum absolute atomic E-state index is 13.1. The Bertz CT molecular complexity index is 1180. The van der Waals surface area contributed by atoms with Crippen LogP contribution >= 0.6 is 0 Å². The Labute approximate surface area is 176 Å². The van der Waals surface area contributed by atoms with Gasteiger partial charge in [0.1, 0.15) is 12.7 Å². The fourth-order valence-electron chi connectivity index (χ4n) is 2.70. The zero-order valence-corrected chi connectivity index (χ0v) is 17.2. The number of nitrogens with zero attached hydrogens (tertiary/aromatic N) is 3. The molecular weight excluding hydrogens is 435 g/mol. The molecule has 1 amide bonds. The molecule has 0 spiro atoms. The number of carbonyl (C=O) groups excluding carboxylic acids is 1. The Hall–Kier alpha value is -3.25. The highest BCUT2D eigenvalue weighted by atomic mass is 32.2. The first-order valence-electron chi connectivity index (χ1n) is 8.97. The number of sulfonamides is 1. The fourth-order valence-corrected chi connectivity index (χ4v) is 3.95. The summed E-state index contributed by atoms with van der Waals surface area (Å²) in [4.78, 5) is 16.3. The molecular formula is C19H18F3N5O3S. The Morgan fingerprint density at radius 3 is 2.32 bits per heavy atom. The summed E-state index contributed by atoms with van der Waals surface area (Å²) in [6, 6.07) is 7.53. The molecule has 0 radical (unpaired) electrons. The van der Waals surface area contributed by atoms with E-state index in [0.29, 0.717) is 0 Å². The van der Waals surface area contributed by atoms with Gasteiger partial charge in [0.2, 0.25) is 10.0 Å². The first kappa shape index (κ1) is 22.4. The lowest BCUT2D eigenvalue weighted by atomic mass is 10.1. The molecule has 0 unspecified atom stereocenters. The molecule has 1 heterocycles. The molecule has 12 heteroatoms. The average molecular weight is 453 g/mol. The summed E-state index contributed by atoms with van der Waals surface area (Å²) in [7, 11) is -3.74. The molecule has 0 saturated heterocycles. The van der Waals surface area contributed by atoms with E-state index in [-0.39, 0.29) is 27.9 Å². The minimum atomic E-state index is -4.61. The zero-order chi connectivity index (χ0) is 22.8. The van der Waals surface area contributed by atoms with Gasteiger partial charge in [-0.2, -0.15) is 18.3 Å². The molecule has 1 aromatic heterocycles. The summed E-state index contributed by atoms with van der Waals surface area (Å²) < 4.78 is 67.4. The predicted molar refractivity (Wildman–Crippen MR) is 106 cm³/mol. The molecule has 3 aromatic rings. The highest BCUT2D eigenvalue weighted by Crippen LogP contribution is 2.33. The third-order valence-electron chi connectivity index (χ3n) is 4.06. The van der Waals surface area contributed by atoms with Gasteiger partial charge in [0.15, 0.2) is 0 Å². The maximum atomic E-state index is 13.1. The van der Waals surface area contributed by atoms with Crippen molar-refractivity contribution in [1.29, 1.82) is 0 Å². The number of carbonyl (C=O) groups is 1. The van der Waals surface area contributed by atoms with E-state index in [1.54, 1.807) is 13.8 Å². The molecule has 0 bridgehead atoms. The summed E-state index contributed by atoms with van der Waals surface area (Å²) in [5, 5.41) is 6.31. The van der Waals surface area contributed by atoms with Crippen LogP contribution < -0.4 is 10.0 Å². The first-order valence-corrected chi connectivity index (χ1v) is 10.5. The fraction of sp³-hybridized carbons (Fsp3) is 0.211. The largest absolute Gasteiger partial charge is 0.416 e. The monoisotopic (exact) mass is 453 g/mol. The molecule has 0 aliphatic heterocycles. The van der Waals surface area contributed by atoms with Crippen molar-refractivity contribution >= 4 is 21.6 Å². The molecule has 8 nitrogen and oxygen atoms in total. The van der Waals surface area contributed by atoms with Gasteiger partial charge in [-0.25, -0.2) is 22.8 Å². The van der Waals surface area contributed by atoms with Crippen molar-refractivity contribution in [1.82, 2.24) is 19.5 Å². The minimum Gasteiger partial charge on any atom is -0.320 e. The summed E-state index contributed by atoms with van der Waals surface area (Å²) in [5.41, 5.74) is -0.846. The number of halogens is 3. The lowest BCUT2D eigenvalue weighted by Gasteiger charge is -2.15. The van der Waals surface area contributed by atoms with E-state index in [9.17, 15) is 26.4 Å². The van der Waals surface area contributed by atoms with Gasteiger partial charge in [0.05, 0.1) is 21.8 Å². The SMILES string of the molecule is CC(C)NS(=O)(=O)c1ccc(C(=O)Nc2cc(C(F)(F)F)ccc2-n2cncn2)cc1. The number of rotatable bonds is 6. The number of nitrogens with one attached hydrogen (secondary N) is 2. The van der Waals surface area contributed by atoms with Crippen molar-refractivity contribution in [2.45, 2.75) is 31.0 Å². The number of hydrogen-bond donors (Lipinski definition) is 2. The number of alkyl halides is 3. The normalized spacial score (nSPS) is 12.2. The smallest absolute Gasteiger partial charge is 0.320 e. The first-order chi connectivity index (χ1) is 14.5. The third-order valence-corrected chi connectivity index (χ3v) is 5.73. The quantitative estimate of drug-likeness (QED) is 0.596. The van der Waals surface area contributed by atoms with Crippen LogP contribution in [0.2, 0.25) is 0 Å². The standard InChI is InChI=1S/C19H18F3N5O3S/c1-12(2)26-31(29,30)15-6-3-13(4-7-15)18(28)25-16-9-14(19(20,21)22)5-8-17(16)27-11-23-10-24-27/h3-12,26H,1-2H3,(H,25,28). The van der Waals surface area contributed by atoms with Crippen LogP contribution in [0.25, 0.3) is 5.69 Å². The lowest BCUT2D eigenvalue weighted by molar-refractivity contribution is -0.137. The Kier molecular flexibility index (Phi) is 6.13. The van der Waals surface area contributed by atoms with E-state index in [2.05, 4.69) is 20.1 Å². The van der Waals surface area contributed by atoms with Crippen LogP contribution in [0.5, 0.6) is 0 Å². The van der Waals surface area contributed by atoms with E-state index in [4.69, 9.17) is 0 Å². The molecule has 0 fully saturated rings. The van der Waals surface area contributed by atoms with Crippen molar-refractivity contribution in [3.05, 3.63) is 66.2 Å². The molecule has 3 rings (SSSR count). The average Bonchev–Trinajstić information content (AvgIpc) is 3.21. The van der Waals surface area contributed by atoms with E-state index < -0.39 is 27.7 Å². The molecule has 31 heavy (non-hydrogen) atoms. The van der Waals surface area contributed by atoms with Crippen molar-refractivity contribution < 1.29 is 26.4 Å². The van der Waals surface area contributed by atoms with Crippen LogP contribution in [-0.2, 0) is 16.2 Å². The second-order valence-electron chi connectivity index (χ2n) is 6.82. The van der Waals surface area contributed by atoms with Gasteiger partial charge in [-0.15, -0.1) is 0 Å².